The minimum Gasteiger partial charge on any atom is -0.312 e. The molecule has 1 aliphatic heterocycles. The minimum absolute atomic E-state index is 0.190. The summed E-state index contributed by atoms with van der Waals surface area (Å²) in [5.41, 5.74) is 1.31. The van der Waals surface area contributed by atoms with E-state index >= 15 is 0 Å². The van der Waals surface area contributed by atoms with Crippen LogP contribution in [-0.4, -0.2) is 25.0 Å². The van der Waals surface area contributed by atoms with Crippen LogP contribution in [0.1, 0.15) is 34.3 Å². The number of hydrogen-bond acceptors (Lipinski definition) is 2. The average Bonchev–Trinajstić information content (AvgIpc) is 3.13. The normalized spacial score (nSPS) is 17.3. The SMILES string of the molecule is Cc1ccc(N(C[C@@H]2CCCN2)C(=O)c2ccc(C(F)(F)F)cc2)cc1. The summed E-state index contributed by atoms with van der Waals surface area (Å²) in [6.07, 6.45) is -2.38. The molecule has 1 amide bonds. The van der Waals surface area contributed by atoms with Crippen LogP contribution in [0, 0.1) is 6.92 Å². The zero-order valence-electron chi connectivity index (χ0n) is 14.5. The highest BCUT2D eigenvalue weighted by Crippen LogP contribution is 2.29. The second-order valence-electron chi connectivity index (χ2n) is 6.62. The molecule has 0 spiro atoms. The number of carbonyl (C=O) groups is 1. The van der Waals surface area contributed by atoms with Gasteiger partial charge in [-0.3, -0.25) is 4.79 Å². The summed E-state index contributed by atoms with van der Waals surface area (Å²) in [6, 6.07) is 12.2. The molecule has 138 valence electrons. The summed E-state index contributed by atoms with van der Waals surface area (Å²) in [7, 11) is 0. The van der Waals surface area contributed by atoms with E-state index in [-0.39, 0.29) is 17.5 Å². The Hall–Kier alpha value is -2.34. The van der Waals surface area contributed by atoms with Gasteiger partial charge in [0.15, 0.2) is 0 Å². The van der Waals surface area contributed by atoms with Crippen LogP contribution in [0.25, 0.3) is 0 Å². The van der Waals surface area contributed by atoms with Crippen LogP contribution >= 0.6 is 0 Å². The number of nitrogens with zero attached hydrogens (tertiary/aromatic N) is 1. The van der Waals surface area contributed by atoms with Crippen LogP contribution in [0.4, 0.5) is 18.9 Å². The van der Waals surface area contributed by atoms with E-state index in [1.165, 1.54) is 12.1 Å². The van der Waals surface area contributed by atoms with Gasteiger partial charge < -0.3 is 10.2 Å². The van der Waals surface area contributed by atoms with Gasteiger partial charge in [-0.25, -0.2) is 0 Å². The molecule has 1 saturated heterocycles. The molecule has 3 nitrogen and oxygen atoms in total. The van der Waals surface area contributed by atoms with Gasteiger partial charge in [0.2, 0.25) is 0 Å². The van der Waals surface area contributed by atoms with Crippen LogP contribution in [-0.2, 0) is 6.18 Å². The zero-order valence-corrected chi connectivity index (χ0v) is 14.5. The van der Waals surface area contributed by atoms with Gasteiger partial charge in [0.1, 0.15) is 0 Å². The standard InChI is InChI=1S/C20H21F3N2O/c1-14-4-10-18(11-5-14)25(13-17-3-2-12-24-17)19(26)15-6-8-16(9-7-15)20(21,22)23/h4-11,17,24H,2-3,12-13H2,1H3/t17-/m0/s1. The van der Waals surface area contributed by atoms with E-state index in [2.05, 4.69) is 5.32 Å². The number of carbonyl (C=O) groups excluding carboxylic acids is 1. The van der Waals surface area contributed by atoms with Gasteiger partial charge in [0.25, 0.3) is 5.91 Å². The lowest BCUT2D eigenvalue weighted by Crippen LogP contribution is -2.41. The molecule has 0 unspecified atom stereocenters. The number of benzene rings is 2. The maximum absolute atomic E-state index is 13.0. The fourth-order valence-corrected chi connectivity index (χ4v) is 3.12. The van der Waals surface area contributed by atoms with Crippen LogP contribution in [0.15, 0.2) is 48.5 Å². The molecule has 26 heavy (non-hydrogen) atoms. The Balaban J connectivity index is 1.87. The summed E-state index contributed by atoms with van der Waals surface area (Å²) >= 11 is 0. The fourth-order valence-electron chi connectivity index (χ4n) is 3.12. The van der Waals surface area contributed by atoms with E-state index in [1.807, 2.05) is 31.2 Å². The highest BCUT2D eigenvalue weighted by molar-refractivity contribution is 6.06. The highest BCUT2D eigenvalue weighted by atomic mass is 19.4. The van der Waals surface area contributed by atoms with Crippen molar-refractivity contribution in [3.8, 4) is 0 Å². The van der Waals surface area contributed by atoms with Crippen molar-refractivity contribution in [2.75, 3.05) is 18.0 Å². The molecule has 1 heterocycles. The summed E-state index contributed by atoms with van der Waals surface area (Å²) in [5.74, 6) is -0.295. The predicted octanol–water partition coefficient (Wildman–Crippen LogP) is 4.41. The third-order valence-corrected chi connectivity index (χ3v) is 4.62. The third-order valence-electron chi connectivity index (χ3n) is 4.62. The largest absolute Gasteiger partial charge is 0.416 e. The summed E-state index contributed by atoms with van der Waals surface area (Å²) < 4.78 is 38.2. The van der Waals surface area contributed by atoms with Gasteiger partial charge >= 0.3 is 6.18 Å². The molecular weight excluding hydrogens is 341 g/mol. The molecule has 0 aromatic heterocycles. The van der Waals surface area contributed by atoms with Crippen molar-refractivity contribution in [2.24, 2.45) is 0 Å². The summed E-state index contributed by atoms with van der Waals surface area (Å²) in [4.78, 5) is 14.6. The maximum Gasteiger partial charge on any atom is 0.416 e. The monoisotopic (exact) mass is 362 g/mol. The van der Waals surface area contributed by atoms with Crippen LogP contribution < -0.4 is 10.2 Å². The average molecular weight is 362 g/mol. The van der Waals surface area contributed by atoms with Crippen LogP contribution in [0.3, 0.4) is 0 Å². The minimum atomic E-state index is -4.41. The van der Waals surface area contributed by atoms with Gasteiger partial charge in [-0.1, -0.05) is 17.7 Å². The maximum atomic E-state index is 13.0. The second kappa shape index (κ2) is 7.50. The molecule has 1 N–H and O–H groups in total. The Morgan fingerprint density at radius 3 is 2.31 bits per heavy atom. The Kier molecular flexibility index (Phi) is 5.32. The first-order valence-corrected chi connectivity index (χ1v) is 8.64. The number of anilines is 1. The Morgan fingerprint density at radius 1 is 1.12 bits per heavy atom. The van der Waals surface area contributed by atoms with Crippen molar-refractivity contribution in [2.45, 2.75) is 32.0 Å². The van der Waals surface area contributed by atoms with Gasteiger partial charge in [-0.15, -0.1) is 0 Å². The first kappa shape index (κ1) is 18.5. The van der Waals surface area contributed by atoms with Gasteiger partial charge in [-0.05, 0) is 62.7 Å². The number of hydrogen-bond donors (Lipinski definition) is 1. The van der Waals surface area contributed by atoms with E-state index in [1.54, 1.807) is 4.90 Å². The predicted molar refractivity (Wildman–Crippen MR) is 95.3 cm³/mol. The van der Waals surface area contributed by atoms with Crippen molar-refractivity contribution in [1.29, 1.82) is 0 Å². The lowest BCUT2D eigenvalue weighted by atomic mass is 10.1. The van der Waals surface area contributed by atoms with Crippen LogP contribution in [0.5, 0.6) is 0 Å². The molecule has 0 aliphatic carbocycles. The van der Waals surface area contributed by atoms with Crippen LogP contribution in [0.2, 0.25) is 0 Å². The van der Waals surface area contributed by atoms with Crippen molar-refractivity contribution < 1.29 is 18.0 Å². The van der Waals surface area contributed by atoms with Crippen molar-refractivity contribution in [1.82, 2.24) is 5.32 Å². The molecular formula is C20H21F3N2O. The van der Waals surface area contributed by atoms with Crippen molar-refractivity contribution in [3.63, 3.8) is 0 Å². The molecule has 2 aromatic rings. The number of halogens is 3. The third kappa shape index (κ3) is 4.25. The Bertz CT molecular complexity index is 748. The first-order valence-electron chi connectivity index (χ1n) is 8.64. The summed E-state index contributed by atoms with van der Waals surface area (Å²) in [6.45, 7) is 3.37. The van der Waals surface area contributed by atoms with E-state index in [9.17, 15) is 18.0 Å². The van der Waals surface area contributed by atoms with Crippen molar-refractivity contribution >= 4 is 11.6 Å². The molecule has 3 rings (SSSR count). The van der Waals surface area contributed by atoms with Gasteiger partial charge in [0, 0.05) is 23.8 Å². The van der Waals surface area contributed by atoms with E-state index in [4.69, 9.17) is 0 Å². The Morgan fingerprint density at radius 2 is 1.77 bits per heavy atom. The van der Waals surface area contributed by atoms with Gasteiger partial charge in [-0.2, -0.15) is 13.2 Å². The molecule has 1 fully saturated rings. The van der Waals surface area contributed by atoms with E-state index in [0.717, 1.165) is 42.8 Å². The zero-order chi connectivity index (χ0) is 18.7. The lowest BCUT2D eigenvalue weighted by molar-refractivity contribution is -0.137. The molecule has 0 bridgehead atoms. The molecule has 1 aliphatic rings. The Labute approximate surface area is 150 Å². The van der Waals surface area contributed by atoms with Crippen molar-refractivity contribution in [3.05, 3.63) is 65.2 Å². The quantitative estimate of drug-likeness (QED) is 0.874. The molecule has 0 saturated carbocycles. The second-order valence-corrected chi connectivity index (χ2v) is 6.62. The van der Waals surface area contributed by atoms with Gasteiger partial charge in [0.05, 0.1) is 5.56 Å². The fraction of sp³-hybridized carbons (Fsp3) is 0.350. The molecule has 1 atom stereocenters. The first-order chi connectivity index (χ1) is 12.3. The van der Waals surface area contributed by atoms with E-state index in [0.29, 0.717) is 6.54 Å². The molecule has 6 heteroatoms. The number of rotatable bonds is 4. The summed E-state index contributed by atoms with van der Waals surface area (Å²) in [5, 5.41) is 3.36. The lowest BCUT2D eigenvalue weighted by Gasteiger charge is -2.26. The van der Waals surface area contributed by atoms with E-state index < -0.39 is 11.7 Å². The molecule has 2 aromatic carbocycles. The smallest absolute Gasteiger partial charge is 0.312 e. The highest BCUT2D eigenvalue weighted by Gasteiger charge is 2.31. The topological polar surface area (TPSA) is 32.3 Å². The number of amides is 1. The number of nitrogens with one attached hydrogen (secondary N) is 1. The molecule has 0 radical (unpaired) electrons. The number of aryl methyl sites for hydroxylation is 1. The number of alkyl halides is 3.